The summed E-state index contributed by atoms with van der Waals surface area (Å²) in [6.07, 6.45) is 1.45. The molecule has 166 valence electrons. The quantitative estimate of drug-likeness (QED) is 0.651. The third-order valence-corrected chi connectivity index (χ3v) is 7.22. The number of carbonyl (C=O) groups is 2. The van der Waals surface area contributed by atoms with Gasteiger partial charge in [0.1, 0.15) is 11.3 Å². The second-order valence-corrected chi connectivity index (χ2v) is 9.60. The van der Waals surface area contributed by atoms with Crippen LogP contribution in [0.2, 0.25) is 0 Å². The lowest BCUT2D eigenvalue weighted by molar-refractivity contribution is -0.119. The molecule has 2 aromatic carbocycles. The molecule has 1 aliphatic heterocycles. The van der Waals surface area contributed by atoms with Crippen molar-refractivity contribution in [2.24, 2.45) is 0 Å². The number of benzene rings is 2. The number of aromatic nitrogens is 1. The van der Waals surface area contributed by atoms with Crippen molar-refractivity contribution in [2.75, 3.05) is 23.8 Å². The van der Waals surface area contributed by atoms with Crippen LogP contribution in [0.1, 0.15) is 13.3 Å². The molecule has 32 heavy (non-hydrogen) atoms. The van der Waals surface area contributed by atoms with Gasteiger partial charge < -0.3 is 10.2 Å². The second kappa shape index (κ2) is 8.29. The molecule has 0 fully saturated rings. The third kappa shape index (κ3) is 3.82. The van der Waals surface area contributed by atoms with Gasteiger partial charge in [0, 0.05) is 31.1 Å². The monoisotopic (exact) mass is 456 g/mol. The Bertz CT molecular complexity index is 1330. The number of halogens is 1. The first-order chi connectivity index (χ1) is 15.2. The molecule has 8 nitrogen and oxygen atoms in total. The fourth-order valence-corrected chi connectivity index (χ4v) is 5.12. The number of para-hydroxylation sites is 2. The standard InChI is InChI=1S/C22H21FN4O4S/c1-14-12-20(28)25-17-7-3-4-8-18(17)27(14)21(29)13-26(2)32(30,31)19-10-9-16(23)22-15(19)6-5-11-24-22/h3-11,14H,12-13H2,1-2H3,(H,25,28). The summed E-state index contributed by atoms with van der Waals surface area (Å²) in [5, 5.41) is 2.90. The van der Waals surface area contributed by atoms with E-state index in [-0.39, 0.29) is 28.1 Å². The number of nitrogens with one attached hydrogen (secondary N) is 1. The Morgan fingerprint density at radius 2 is 1.97 bits per heavy atom. The highest BCUT2D eigenvalue weighted by molar-refractivity contribution is 7.89. The number of fused-ring (bicyclic) bond motifs is 2. The summed E-state index contributed by atoms with van der Waals surface area (Å²) >= 11 is 0. The summed E-state index contributed by atoms with van der Waals surface area (Å²) < 4.78 is 41.5. The Hall–Kier alpha value is -3.37. The zero-order valence-electron chi connectivity index (χ0n) is 17.4. The molecule has 0 bridgehead atoms. The molecule has 2 amide bonds. The molecule has 1 unspecified atom stereocenters. The molecule has 0 spiro atoms. The molecule has 3 aromatic rings. The first-order valence-corrected chi connectivity index (χ1v) is 11.3. The lowest BCUT2D eigenvalue weighted by atomic mass is 10.1. The molecule has 1 aromatic heterocycles. The fourth-order valence-electron chi connectivity index (χ4n) is 3.82. The molecule has 4 rings (SSSR count). The summed E-state index contributed by atoms with van der Waals surface area (Å²) in [6.45, 7) is 1.27. The average Bonchev–Trinajstić information content (AvgIpc) is 2.88. The van der Waals surface area contributed by atoms with Gasteiger partial charge in [-0.1, -0.05) is 12.1 Å². The maximum Gasteiger partial charge on any atom is 0.243 e. The number of pyridine rings is 1. The SMILES string of the molecule is CC1CC(=O)Nc2ccccc2N1C(=O)CN(C)S(=O)(=O)c1ccc(F)c2ncccc12. The van der Waals surface area contributed by atoms with E-state index < -0.39 is 34.3 Å². The molecule has 2 heterocycles. The number of carbonyl (C=O) groups excluding carboxylic acids is 2. The van der Waals surface area contributed by atoms with Gasteiger partial charge in [0.25, 0.3) is 0 Å². The predicted octanol–water partition coefficient (Wildman–Crippen LogP) is 2.76. The van der Waals surface area contributed by atoms with E-state index >= 15 is 0 Å². The van der Waals surface area contributed by atoms with Crippen molar-refractivity contribution in [1.82, 2.24) is 9.29 Å². The normalized spacial score (nSPS) is 16.6. The average molecular weight is 456 g/mol. The number of hydrogen-bond acceptors (Lipinski definition) is 5. The number of sulfonamides is 1. The number of anilines is 2. The Morgan fingerprint density at radius 1 is 1.22 bits per heavy atom. The molecular weight excluding hydrogens is 435 g/mol. The number of rotatable bonds is 4. The molecule has 0 aliphatic carbocycles. The molecule has 0 saturated heterocycles. The first kappa shape index (κ1) is 21.8. The minimum Gasteiger partial charge on any atom is -0.324 e. The summed E-state index contributed by atoms with van der Waals surface area (Å²) in [5.74, 6) is -1.35. The van der Waals surface area contributed by atoms with Crippen LogP contribution in [0.25, 0.3) is 10.9 Å². The van der Waals surface area contributed by atoms with Gasteiger partial charge in [-0.05, 0) is 43.3 Å². The van der Waals surface area contributed by atoms with Gasteiger partial charge in [-0.25, -0.2) is 12.8 Å². The molecule has 1 N–H and O–H groups in total. The van der Waals surface area contributed by atoms with Crippen molar-refractivity contribution in [3.63, 3.8) is 0 Å². The van der Waals surface area contributed by atoms with E-state index in [1.54, 1.807) is 31.2 Å². The van der Waals surface area contributed by atoms with E-state index in [9.17, 15) is 22.4 Å². The largest absolute Gasteiger partial charge is 0.324 e. The van der Waals surface area contributed by atoms with Crippen molar-refractivity contribution in [1.29, 1.82) is 0 Å². The van der Waals surface area contributed by atoms with Crippen LogP contribution in [0.3, 0.4) is 0 Å². The van der Waals surface area contributed by atoms with Crippen molar-refractivity contribution < 1.29 is 22.4 Å². The van der Waals surface area contributed by atoms with Crippen molar-refractivity contribution in [3.8, 4) is 0 Å². The smallest absolute Gasteiger partial charge is 0.243 e. The molecule has 0 saturated carbocycles. The van der Waals surface area contributed by atoms with Gasteiger partial charge in [-0.3, -0.25) is 14.6 Å². The zero-order chi connectivity index (χ0) is 23.0. The summed E-state index contributed by atoms with van der Waals surface area (Å²) in [7, 11) is -2.85. The van der Waals surface area contributed by atoms with E-state index in [1.807, 2.05) is 0 Å². The maximum absolute atomic E-state index is 14.1. The minimum absolute atomic E-state index is 0.0621. The van der Waals surface area contributed by atoms with E-state index in [0.717, 1.165) is 10.4 Å². The highest BCUT2D eigenvalue weighted by atomic mass is 32.2. The van der Waals surface area contributed by atoms with E-state index in [0.29, 0.717) is 11.4 Å². The van der Waals surface area contributed by atoms with Crippen molar-refractivity contribution in [2.45, 2.75) is 24.3 Å². The number of amides is 2. The first-order valence-electron chi connectivity index (χ1n) is 9.90. The minimum atomic E-state index is -4.13. The number of nitrogens with zero attached hydrogens (tertiary/aromatic N) is 3. The molecular formula is C22H21FN4O4S. The zero-order valence-corrected chi connectivity index (χ0v) is 18.3. The van der Waals surface area contributed by atoms with E-state index in [4.69, 9.17) is 0 Å². The van der Waals surface area contributed by atoms with Gasteiger partial charge >= 0.3 is 0 Å². The Morgan fingerprint density at radius 3 is 2.75 bits per heavy atom. The lowest BCUT2D eigenvalue weighted by Crippen LogP contribution is -2.45. The highest BCUT2D eigenvalue weighted by Crippen LogP contribution is 2.32. The number of hydrogen-bond donors (Lipinski definition) is 1. The summed E-state index contributed by atoms with van der Waals surface area (Å²) in [4.78, 5) is 30.6. The van der Waals surface area contributed by atoms with Crippen LogP contribution in [0.5, 0.6) is 0 Å². The molecule has 1 atom stereocenters. The van der Waals surface area contributed by atoms with Gasteiger partial charge in [-0.15, -0.1) is 0 Å². The van der Waals surface area contributed by atoms with Crippen LogP contribution in [0.15, 0.2) is 59.6 Å². The van der Waals surface area contributed by atoms with Crippen LogP contribution >= 0.6 is 0 Å². The van der Waals surface area contributed by atoms with Gasteiger partial charge in [0.05, 0.1) is 22.8 Å². The van der Waals surface area contributed by atoms with E-state index in [1.165, 1.54) is 36.3 Å². The van der Waals surface area contributed by atoms with Crippen LogP contribution < -0.4 is 10.2 Å². The lowest BCUT2D eigenvalue weighted by Gasteiger charge is -2.29. The third-order valence-electron chi connectivity index (χ3n) is 5.35. The topological polar surface area (TPSA) is 99.7 Å². The Kier molecular flexibility index (Phi) is 5.66. The summed E-state index contributed by atoms with van der Waals surface area (Å²) in [6, 6.07) is 11.6. The van der Waals surface area contributed by atoms with Crippen LogP contribution in [-0.2, 0) is 19.6 Å². The number of likely N-dealkylation sites (N-methyl/N-ethyl adjacent to an activating group) is 1. The van der Waals surface area contributed by atoms with Crippen LogP contribution in [-0.4, -0.2) is 49.2 Å². The second-order valence-electron chi connectivity index (χ2n) is 7.59. The van der Waals surface area contributed by atoms with Gasteiger partial charge in [0.15, 0.2) is 0 Å². The Labute approximate surface area is 184 Å². The molecule has 0 radical (unpaired) electrons. The maximum atomic E-state index is 14.1. The predicted molar refractivity (Wildman–Crippen MR) is 118 cm³/mol. The van der Waals surface area contributed by atoms with Crippen LogP contribution in [0, 0.1) is 5.82 Å². The van der Waals surface area contributed by atoms with E-state index in [2.05, 4.69) is 10.3 Å². The molecule has 1 aliphatic rings. The fraction of sp³-hybridized carbons (Fsp3) is 0.227. The van der Waals surface area contributed by atoms with Gasteiger partial charge in [0.2, 0.25) is 21.8 Å². The summed E-state index contributed by atoms with van der Waals surface area (Å²) in [5.41, 5.74) is 0.919. The highest BCUT2D eigenvalue weighted by Gasteiger charge is 2.33. The van der Waals surface area contributed by atoms with Gasteiger partial charge in [-0.2, -0.15) is 4.31 Å². The molecule has 10 heteroatoms. The van der Waals surface area contributed by atoms with Crippen LogP contribution in [0.4, 0.5) is 15.8 Å². The Balaban J connectivity index is 1.67. The van der Waals surface area contributed by atoms with Crippen molar-refractivity contribution in [3.05, 3.63) is 60.5 Å². The van der Waals surface area contributed by atoms with Crippen molar-refractivity contribution >= 4 is 44.1 Å².